The highest BCUT2D eigenvalue weighted by molar-refractivity contribution is 6.18. The number of phenols is 2. The standard InChI is InChI=1S/C10H13Cl2NO2/c11-3-5-13(6-4-12)8-1-2-9(14)10(15)7-8/h1-2,7,14-15H,3-6H2. The number of benzene rings is 1. The van der Waals surface area contributed by atoms with Gasteiger partial charge in [-0.05, 0) is 12.1 Å². The van der Waals surface area contributed by atoms with Crippen molar-refractivity contribution in [3.8, 4) is 11.5 Å². The quantitative estimate of drug-likeness (QED) is 0.622. The molecule has 0 radical (unpaired) electrons. The van der Waals surface area contributed by atoms with Gasteiger partial charge >= 0.3 is 0 Å². The molecule has 1 aromatic carbocycles. The van der Waals surface area contributed by atoms with Crippen molar-refractivity contribution in [3.05, 3.63) is 18.2 Å². The molecule has 1 aromatic rings. The van der Waals surface area contributed by atoms with Gasteiger partial charge in [-0.1, -0.05) is 0 Å². The van der Waals surface area contributed by atoms with Gasteiger partial charge < -0.3 is 15.1 Å². The second kappa shape index (κ2) is 5.93. The molecule has 84 valence electrons. The summed E-state index contributed by atoms with van der Waals surface area (Å²) in [4.78, 5) is 1.94. The van der Waals surface area contributed by atoms with Crippen LogP contribution in [0.2, 0.25) is 0 Å². The SMILES string of the molecule is Oc1ccc(N(CCCl)CCCl)cc1O. The highest BCUT2D eigenvalue weighted by Crippen LogP contribution is 2.29. The summed E-state index contributed by atoms with van der Waals surface area (Å²) in [7, 11) is 0. The zero-order valence-electron chi connectivity index (χ0n) is 8.16. The van der Waals surface area contributed by atoms with Crippen LogP contribution in [0.3, 0.4) is 0 Å². The maximum absolute atomic E-state index is 9.34. The maximum Gasteiger partial charge on any atom is 0.159 e. The van der Waals surface area contributed by atoms with E-state index in [4.69, 9.17) is 28.3 Å². The minimum atomic E-state index is -0.137. The van der Waals surface area contributed by atoms with E-state index >= 15 is 0 Å². The summed E-state index contributed by atoms with van der Waals surface area (Å²) >= 11 is 11.3. The van der Waals surface area contributed by atoms with Crippen molar-refractivity contribution in [3.63, 3.8) is 0 Å². The summed E-state index contributed by atoms with van der Waals surface area (Å²) in [6.07, 6.45) is 0. The van der Waals surface area contributed by atoms with Crippen molar-refractivity contribution < 1.29 is 10.2 Å². The molecule has 1 rings (SSSR count). The topological polar surface area (TPSA) is 43.7 Å². The number of alkyl halides is 2. The molecule has 0 fully saturated rings. The van der Waals surface area contributed by atoms with E-state index in [0.717, 1.165) is 5.69 Å². The van der Waals surface area contributed by atoms with Gasteiger partial charge in [-0.25, -0.2) is 0 Å². The molecule has 15 heavy (non-hydrogen) atoms. The molecule has 0 amide bonds. The van der Waals surface area contributed by atoms with E-state index in [0.29, 0.717) is 24.8 Å². The first-order valence-corrected chi connectivity index (χ1v) is 5.64. The second-order valence-corrected chi connectivity index (χ2v) is 3.79. The molecule has 0 aliphatic carbocycles. The predicted octanol–water partition coefficient (Wildman–Crippen LogP) is 2.38. The highest BCUT2D eigenvalue weighted by atomic mass is 35.5. The van der Waals surface area contributed by atoms with E-state index in [2.05, 4.69) is 0 Å². The molecule has 0 saturated heterocycles. The Labute approximate surface area is 98.8 Å². The van der Waals surface area contributed by atoms with Gasteiger partial charge in [0.2, 0.25) is 0 Å². The zero-order chi connectivity index (χ0) is 11.3. The molecule has 0 spiro atoms. The van der Waals surface area contributed by atoms with Crippen molar-refractivity contribution in [1.82, 2.24) is 0 Å². The number of rotatable bonds is 5. The van der Waals surface area contributed by atoms with Crippen LogP contribution >= 0.6 is 23.2 Å². The van der Waals surface area contributed by atoms with E-state index in [1.54, 1.807) is 6.07 Å². The first-order chi connectivity index (χ1) is 7.19. The van der Waals surface area contributed by atoms with Gasteiger partial charge in [0, 0.05) is 36.6 Å². The van der Waals surface area contributed by atoms with Crippen LogP contribution < -0.4 is 4.90 Å². The molecular weight excluding hydrogens is 237 g/mol. The van der Waals surface area contributed by atoms with Crippen molar-refractivity contribution >= 4 is 28.9 Å². The number of nitrogens with zero attached hydrogens (tertiary/aromatic N) is 1. The van der Waals surface area contributed by atoms with Gasteiger partial charge in [0.05, 0.1) is 0 Å². The lowest BCUT2D eigenvalue weighted by Gasteiger charge is -2.22. The normalized spacial score (nSPS) is 10.3. The van der Waals surface area contributed by atoms with E-state index in [1.165, 1.54) is 12.1 Å². The van der Waals surface area contributed by atoms with Crippen molar-refractivity contribution in [2.24, 2.45) is 0 Å². The van der Waals surface area contributed by atoms with E-state index in [9.17, 15) is 5.11 Å². The van der Waals surface area contributed by atoms with E-state index in [1.807, 2.05) is 4.90 Å². The Morgan fingerprint density at radius 3 is 2.07 bits per heavy atom. The van der Waals surface area contributed by atoms with Crippen molar-refractivity contribution in [2.45, 2.75) is 0 Å². The van der Waals surface area contributed by atoms with Crippen LogP contribution in [0.4, 0.5) is 5.69 Å². The molecule has 0 aromatic heterocycles. The molecule has 0 bridgehead atoms. The van der Waals surface area contributed by atoms with Gasteiger partial charge in [0.25, 0.3) is 0 Å². The molecule has 0 unspecified atom stereocenters. The van der Waals surface area contributed by atoms with E-state index in [-0.39, 0.29) is 11.5 Å². The largest absolute Gasteiger partial charge is 0.504 e. The number of anilines is 1. The third-order valence-electron chi connectivity index (χ3n) is 2.03. The molecule has 0 aliphatic heterocycles. The lowest BCUT2D eigenvalue weighted by atomic mass is 10.2. The molecule has 0 aliphatic rings. The molecule has 0 heterocycles. The monoisotopic (exact) mass is 249 g/mol. The Balaban J connectivity index is 2.85. The lowest BCUT2D eigenvalue weighted by Crippen LogP contribution is -2.27. The van der Waals surface area contributed by atoms with Crippen molar-refractivity contribution in [2.75, 3.05) is 29.7 Å². The Bertz CT molecular complexity index is 314. The Morgan fingerprint density at radius 2 is 1.60 bits per heavy atom. The average Bonchev–Trinajstić information content (AvgIpc) is 2.22. The number of phenolic OH excluding ortho intramolecular Hbond substituents is 2. The van der Waals surface area contributed by atoms with Crippen LogP contribution in [0.25, 0.3) is 0 Å². The minimum absolute atomic E-state index is 0.129. The van der Waals surface area contributed by atoms with Gasteiger partial charge in [0.1, 0.15) is 0 Å². The molecule has 3 nitrogen and oxygen atoms in total. The number of halogens is 2. The lowest BCUT2D eigenvalue weighted by molar-refractivity contribution is 0.404. The third kappa shape index (κ3) is 3.36. The molecule has 0 atom stereocenters. The number of hydrogen-bond acceptors (Lipinski definition) is 3. The van der Waals surface area contributed by atoms with Gasteiger partial charge in [-0.3, -0.25) is 0 Å². The summed E-state index contributed by atoms with van der Waals surface area (Å²) < 4.78 is 0. The number of aromatic hydroxyl groups is 2. The smallest absolute Gasteiger partial charge is 0.159 e. The minimum Gasteiger partial charge on any atom is -0.504 e. The molecule has 2 N–H and O–H groups in total. The fourth-order valence-corrected chi connectivity index (χ4v) is 1.69. The predicted molar refractivity (Wildman–Crippen MR) is 63.4 cm³/mol. The van der Waals surface area contributed by atoms with Crippen LogP contribution in [0.5, 0.6) is 11.5 Å². The first-order valence-electron chi connectivity index (χ1n) is 4.58. The Morgan fingerprint density at radius 1 is 1.00 bits per heavy atom. The van der Waals surface area contributed by atoms with Crippen LogP contribution in [0, 0.1) is 0 Å². The summed E-state index contributed by atoms with van der Waals surface area (Å²) in [5, 5.41) is 18.5. The summed E-state index contributed by atoms with van der Waals surface area (Å²) in [5.41, 5.74) is 0.798. The second-order valence-electron chi connectivity index (χ2n) is 3.04. The van der Waals surface area contributed by atoms with Gasteiger partial charge in [-0.2, -0.15) is 0 Å². The van der Waals surface area contributed by atoms with Crippen LogP contribution in [0.1, 0.15) is 0 Å². The summed E-state index contributed by atoms with van der Waals surface area (Å²) in [6.45, 7) is 1.30. The molecule has 5 heteroatoms. The van der Waals surface area contributed by atoms with Crippen LogP contribution in [0.15, 0.2) is 18.2 Å². The Kier molecular flexibility index (Phi) is 4.85. The summed E-state index contributed by atoms with van der Waals surface area (Å²) in [6, 6.07) is 4.66. The van der Waals surface area contributed by atoms with Gasteiger partial charge in [-0.15, -0.1) is 23.2 Å². The van der Waals surface area contributed by atoms with Crippen molar-refractivity contribution in [1.29, 1.82) is 0 Å². The maximum atomic E-state index is 9.34. The fourth-order valence-electron chi connectivity index (χ4n) is 1.28. The highest BCUT2D eigenvalue weighted by Gasteiger charge is 2.07. The van der Waals surface area contributed by atoms with E-state index < -0.39 is 0 Å². The first kappa shape index (κ1) is 12.3. The summed E-state index contributed by atoms with van der Waals surface area (Å²) in [5.74, 6) is 0.703. The van der Waals surface area contributed by atoms with Gasteiger partial charge in [0.15, 0.2) is 11.5 Å². The van der Waals surface area contributed by atoms with Crippen LogP contribution in [-0.4, -0.2) is 35.1 Å². The zero-order valence-corrected chi connectivity index (χ0v) is 9.67. The number of hydrogen-bond donors (Lipinski definition) is 2. The molecule has 0 saturated carbocycles. The average molecular weight is 250 g/mol. The fraction of sp³-hybridized carbons (Fsp3) is 0.400. The third-order valence-corrected chi connectivity index (χ3v) is 2.37. The Hall–Kier alpha value is -0.800. The molecular formula is C10H13Cl2NO2. The van der Waals surface area contributed by atoms with Crippen LogP contribution in [-0.2, 0) is 0 Å².